The summed E-state index contributed by atoms with van der Waals surface area (Å²) in [6.45, 7) is 7.95. The molecule has 0 aliphatic carbocycles. The lowest BCUT2D eigenvalue weighted by molar-refractivity contribution is 0.266. The molecule has 0 saturated carbocycles. The summed E-state index contributed by atoms with van der Waals surface area (Å²) in [5.74, 6) is 1.12. The molecule has 126 valence electrons. The van der Waals surface area contributed by atoms with Crippen molar-refractivity contribution in [1.29, 1.82) is 0 Å². The average Bonchev–Trinajstić information content (AvgIpc) is 2.53. The predicted octanol–water partition coefficient (Wildman–Crippen LogP) is 4.64. The fraction of sp³-hybridized carbons (Fsp3) is 0.667. The van der Waals surface area contributed by atoms with Gasteiger partial charge in [0.15, 0.2) is 11.5 Å². The maximum Gasteiger partial charge on any atom is 0.164 e. The van der Waals surface area contributed by atoms with E-state index in [1.807, 2.05) is 19.9 Å². The fourth-order valence-corrected chi connectivity index (χ4v) is 2.46. The Labute approximate surface area is 134 Å². The molecule has 2 N–H and O–H groups in total. The molecule has 1 rings (SSSR count). The van der Waals surface area contributed by atoms with Crippen molar-refractivity contribution in [2.75, 3.05) is 19.8 Å². The van der Waals surface area contributed by atoms with Gasteiger partial charge in [-0.2, -0.15) is 0 Å². The molecule has 1 aromatic rings. The number of hydrogen-bond donors (Lipinski definition) is 1. The number of ether oxygens (including phenoxy) is 2. The van der Waals surface area contributed by atoms with E-state index in [1.54, 1.807) is 0 Å². The lowest BCUT2D eigenvalue weighted by atomic mass is 9.91. The Morgan fingerprint density at radius 3 is 2.14 bits per heavy atom. The van der Waals surface area contributed by atoms with Crippen molar-refractivity contribution < 1.29 is 13.9 Å². The minimum Gasteiger partial charge on any atom is -0.490 e. The van der Waals surface area contributed by atoms with Gasteiger partial charge in [0.25, 0.3) is 0 Å². The van der Waals surface area contributed by atoms with Gasteiger partial charge in [0.2, 0.25) is 0 Å². The fourth-order valence-electron chi connectivity index (χ4n) is 2.46. The summed E-state index contributed by atoms with van der Waals surface area (Å²) in [6, 6.07) is 3.29. The first kappa shape index (κ1) is 18.8. The third kappa shape index (κ3) is 5.48. The molecule has 0 saturated heterocycles. The first-order chi connectivity index (χ1) is 10.7. The van der Waals surface area contributed by atoms with Crippen LogP contribution in [0.3, 0.4) is 0 Å². The number of hydrogen-bond acceptors (Lipinski definition) is 3. The van der Waals surface area contributed by atoms with Crippen molar-refractivity contribution in [3.05, 3.63) is 23.5 Å². The van der Waals surface area contributed by atoms with E-state index in [-0.39, 0.29) is 11.7 Å². The van der Waals surface area contributed by atoms with Gasteiger partial charge in [0.05, 0.1) is 13.2 Å². The van der Waals surface area contributed by atoms with Gasteiger partial charge in [-0.15, -0.1) is 0 Å². The maximum atomic E-state index is 14.5. The van der Waals surface area contributed by atoms with Gasteiger partial charge >= 0.3 is 0 Å². The Hall–Kier alpha value is -1.29. The van der Waals surface area contributed by atoms with Crippen molar-refractivity contribution in [3.63, 3.8) is 0 Å². The quantitative estimate of drug-likeness (QED) is 0.647. The Bertz CT molecular complexity index is 437. The van der Waals surface area contributed by atoms with Gasteiger partial charge in [-0.3, -0.25) is 0 Å². The average molecular weight is 311 g/mol. The van der Waals surface area contributed by atoms with E-state index in [9.17, 15) is 4.39 Å². The van der Waals surface area contributed by atoms with Gasteiger partial charge in [-0.25, -0.2) is 4.39 Å². The van der Waals surface area contributed by atoms with Crippen molar-refractivity contribution in [1.82, 2.24) is 0 Å². The zero-order valence-electron chi connectivity index (χ0n) is 14.2. The van der Waals surface area contributed by atoms with E-state index >= 15 is 0 Å². The summed E-state index contributed by atoms with van der Waals surface area (Å²) >= 11 is 0. The van der Waals surface area contributed by atoms with Crippen molar-refractivity contribution in [2.24, 2.45) is 5.73 Å². The molecule has 0 aromatic heterocycles. The molecule has 1 atom stereocenters. The summed E-state index contributed by atoms with van der Waals surface area (Å²) in [6.07, 6.45) is 4.47. The van der Waals surface area contributed by atoms with Crippen LogP contribution in [0.15, 0.2) is 12.1 Å². The SMILES string of the molecule is CCCOc1cc(F)c(C(CC)CCCN)cc1OCCC. The molecule has 0 aliphatic heterocycles. The minimum atomic E-state index is -0.209. The summed E-state index contributed by atoms with van der Waals surface area (Å²) in [5.41, 5.74) is 6.30. The standard InChI is InChI=1S/C18H30FNO2/c1-4-10-21-17-12-15(14(6-3)8-7-9-20)16(19)13-18(17)22-11-5-2/h12-14H,4-11,20H2,1-3H3. The van der Waals surface area contributed by atoms with Crippen LogP contribution in [0.4, 0.5) is 4.39 Å². The number of nitrogens with two attached hydrogens (primary N) is 1. The summed E-state index contributed by atoms with van der Waals surface area (Å²) in [5, 5.41) is 0. The van der Waals surface area contributed by atoms with Crippen LogP contribution in [0.5, 0.6) is 11.5 Å². The second-order valence-electron chi connectivity index (χ2n) is 5.55. The van der Waals surface area contributed by atoms with Crippen LogP contribution in [0.1, 0.15) is 64.4 Å². The third-order valence-corrected chi connectivity index (χ3v) is 3.68. The van der Waals surface area contributed by atoms with Crippen molar-refractivity contribution in [3.8, 4) is 11.5 Å². The first-order valence-electron chi connectivity index (χ1n) is 8.46. The van der Waals surface area contributed by atoms with E-state index in [0.717, 1.165) is 32.1 Å². The minimum absolute atomic E-state index is 0.174. The van der Waals surface area contributed by atoms with Gasteiger partial charge < -0.3 is 15.2 Å². The second kappa shape index (κ2) is 10.4. The summed E-state index contributed by atoms with van der Waals surface area (Å²) in [7, 11) is 0. The normalized spacial score (nSPS) is 12.2. The summed E-state index contributed by atoms with van der Waals surface area (Å²) < 4.78 is 25.9. The highest BCUT2D eigenvalue weighted by molar-refractivity contribution is 5.45. The van der Waals surface area contributed by atoms with E-state index in [0.29, 0.717) is 36.8 Å². The molecule has 0 aliphatic rings. The molecule has 1 aromatic carbocycles. The monoisotopic (exact) mass is 311 g/mol. The predicted molar refractivity (Wildman–Crippen MR) is 89.3 cm³/mol. The van der Waals surface area contributed by atoms with Crippen LogP contribution in [0.2, 0.25) is 0 Å². The number of benzene rings is 1. The highest BCUT2D eigenvalue weighted by Crippen LogP contribution is 2.36. The van der Waals surface area contributed by atoms with Crippen LogP contribution in [-0.2, 0) is 0 Å². The lowest BCUT2D eigenvalue weighted by Gasteiger charge is -2.19. The van der Waals surface area contributed by atoms with Crippen LogP contribution < -0.4 is 15.2 Å². The molecule has 0 amide bonds. The topological polar surface area (TPSA) is 44.5 Å². The molecular formula is C18H30FNO2. The van der Waals surface area contributed by atoms with Crippen LogP contribution >= 0.6 is 0 Å². The zero-order chi connectivity index (χ0) is 16.4. The van der Waals surface area contributed by atoms with Crippen molar-refractivity contribution >= 4 is 0 Å². The Kier molecular flexibility index (Phi) is 8.90. The van der Waals surface area contributed by atoms with Gasteiger partial charge in [0, 0.05) is 6.07 Å². The number of rotatable bonds is 11. The molecule has 0 heterocycles. The van der Waals surface area contributed by atoms with E-state index in [2.05, 4.69) is 6.92 Å². The molecule has 4 heteroatoms. The first-order valence-corrected chi connectivity index (χ1v) is 8.46. The smallest absolute Gasteiger partial charge is 0.164 e. The highest BCUT2D eigenvalue weighted by atomic mass is 19.1. The van der Waals surface area contributed by atoms with E-state index < -0.39 is 0 Å². The summed E-state index contributed by atoms with van der Waals surface area (Å²) in [4.78, 5) is 0. The molecular weight excluding hydrogens is 281 g/mol. The van der Waals surface area contributed by atoms with Gasteiger partial charge in [-0.1, -0.05) is 20.8 Å². The molecule has 3 nitrogen and oxygen atoms in total. The zero-order valence-corrected chi connectivity index (χ0v) is 14.2. The Morgan fingerprint density at radius 2 is 1.64 bits per heavy atom. The van der Waals surface area contributed by atoms with Crippen LogP contribution in [-0.4, -0.2) is 19.8 Å². The molecule has 22 heavy (non-hydrogen) atoms. The Morgan fingerprint density at radius 1 is 1.05 bits per heavy atom. The molecule has 0 bridgehead atoms. The van der Waals surface area contributed by atoms with Crippen LogP contribution in [0, 0.1) is 5.82 Å². The molecule has 0 radical (unpaired) electrons. The van der Waals surface area contributed by atoms with E-state index in [1.165, 1.54) is 6.07 Å². The van der Waals surface area contributed by atoms with E-state index in [4.69, 9.17) is 15.2 Å². The highest BCUT2D eigenvalue weighted by Gasteiger charge is 2.18. The maximum absolute atomic E-state index is 14.5. The Balaban J connectivity index is 3.05. The largest absolute Gasteiger partial charge is 0.490 e. The lowest BCUT2D eigenvalue weighted by Crippen LogP contribution is -2.08. The van der Waals surface area contributed by atoms with Crippen LogP contribution in [0.25, 0.3) is 0 Å². The molecule has 0 spiro atoms. The van der Waals surface area contributed by atoms with Gasteiger partial charge in [-0.05, 0) is 56.2 Å². The van der Waals surface area contributed by atoms with Gasteiger partial charge in [0.1, 0.15) is 5.82 Å². The third-order valence-electron chi connectivity index (χ3n) is 3.68. The second-order valence-corrected chi connectivity index (χ2v) is 5.55. The molecule has 1 unspecified atom stereocenters. The molecule has 0 fully saturated rings. The van der Waals surface area contributed by atoms with Crippen molar-refractivity contribution in [2.45, 2.75) is 58.8 Å². The number of halogens is 1.